The highest BCUT2D eigenvalue weighted by Gasteiger charge is 2.43. The molecule has 132 valence electrons. The molecule has 0 saturated carbocycles. The molecule has 1 heterocycles. The van der Waals surface area contributed by atoms with Crippen LogP contribution in [-0.4, -0.2) is 78.6 Å². The molecule has 1 fully saturated rings. The van der Waals surface area contributed by atoms with Gasteiger partial charge in [-0.3, -0.25) is 14.9 Å². The van der Waals surface area contributed by atoms with Crippen molar-refractivity contribution < 1.29 is 29.0 Å². The van der Waals surface area contributed by atoms with Crippen LogP contribution < -0.4 is 5.32 Å². The van der Waals surface area contributed by atoms with Crippen molar-refractivity contribution in [3.8, 4) is 0 Å². The Morgan fingerprint density at radius 2 is 1.87 bits per heavy atom. The van der Waals surface area contributed by atoms with E-state index in [9.17, 15) is 19.5 Å². The zero-order valence-corrected chi connectivity index (χ0v) is 14.1. The molecule has 1 rings (SSSR count). The first kappa shape index (κ1) is 19.3. The minimum Gasteiger partial charge on any atom is -0.467 e. The number of esters is 1. The fourth-order valence-corrected chi connectivity index (χ4v) is 2.39. The SMILES string of the molecule is COC(=O)C1CN(C(C)=O)CN1C(=O)C(NC(O)OC)C(C)C. The summed E-state index contributed by atoms with van der Waals surface area (Å²) in [4.78, 5) is 38.9. The number of aliphatic hydroxyl groups excluding tert-OH is 1. The molecule has 23 heavy (non-hydrogen) atoms. The quantitative estimate of drug-likeness (QED) is 0.460. The van der Waals surface area contributed by atoms with Crippen LogP contribution in [0.15, 0.2) is 0 Å². The van der Waals surface area contributed by atoms with E-state index in [1.807, 2.05) is 0 Å². The maximum atomic E-state index is 12.8. The van der Waals surface area contributed by atoms with Gasteiger partial charge in [0.1, 0.15) is 6.04 Å². The summed E-state index contributed by atoms with van der Waals surface area (Å²) in [6.45, 7) is 5.05. The lowest BCUT2D eigenvalue weighted by Gasteiger charge is -2.30. The zero-order valence-electron chi connectivity index (χ0n) is 14.1. The van der Waals surface area contributed by atoms with Crippen LogP contribution >= 0.6 is 0 Å². The third kappa shape index (κ3) is 4.63. The van der Waals surface area contributed by atoms with Crippen molar-refractivity contribution >= 4 is 17.8 Å². The van der Waals surface area contributed by atoms with Crippen molar-refractivity contribution in [1.29, 1.82) is 0 Å². The average Bonchev–Trinajstić information content (AvgIpc) is 2.95. The summed E-state index contributed by atoms with van der Waals surface area (Å²) in [5, 5.41) is 12.2. The van der Waals surface area contributed by atoms with Gasteiger partial charge in [0, 0.05) is 14.0 Å². The first-order valence-electron chi connectivity index (χ1n) is 7.33. The Labute approximate surface area is 135 Å². The molecule has 3 atom stereocenters. The largest absolute Gasteiger partial charge is 0.467 e. The smallest absolute Gasteiger partial charge is 0.330 e. The molecule has 2 N–H and O–H groups in total. The zero-order chi connectivity index (χ0) is 17.7. The lowest BCUT2D eigenvalue weighted by atomic mass is 10.0. The third-order valence-electron chi connectivity index (χ3n) is 3.77. The number of amides is 2. The van der Waals surface area contributed by atoms with Gasteiger partial charge in [-0.1, -0.05) is 13.8 Å². The summed E-state index contributed by atoms with van der Waals surface area (Å²) < 4.78 is 9.44. The Bertz CT molecular complexity index is 456. The summed E-state index contributed by atoms with van der Waals surface area (Å²) in [7, 11) is 2.53. The van der Waals surface area contributed by atoms with Gasteiger partial charge in [-0.25, -0.2) is 4.79 Å². The van der Waals surface area contributed by atoms with E-state index in [2.05, 4.69) is 5.32 Å². The predicted octanol–water partition coefficient (Wildman–Crippen LogP) is -1.29. The van der Waals surface area contributed by atoms with Crippen molar-refractivity contribution in [2.75, 3.05) is 27.4 Å². The number of ether oxygens (including phenoxy) is 2. The molecule has 1 aliphatic heterocycles. The Balaban J connectivity index is 2.99. The molecule has 0 radical (unpaired) electrons. The molecule has 0 aromatic rings. The monoisotopic (exact) mass is 331 g/mol. The Hall–Kier alpha value is -1.71. The molecule has 0 aromatic heterocycles. The number of hydrogen-bond acceptors (Lipinski definition) is 7. The maximum Gasteiger partial charge on any atom is 0.330 e. The molecule has 3 unspecified atom stereocenters. The van der Waals surface area contributed by atoms with E-state index < -0.39 is 30.4 Å². The second kappa shape index (κ2) is 8.23. The summed E-state index contributed by atoms with van der Waals surface area (Å²) >= 11 is 0. The number of rotatable bonds is 6. The maximum absolute atomic E-state index is 12.8. The fourth-order valence-electron chi connectivity index (χ4n) is 2.39. The molecule has 2 amide bonds. The van der Waals surface area contributed by atoms with Gasteiger partial charge in [-0.2, -0.15) is 0 Å². The summed E-state index contributed by atoms with van der Waals surface area (Å²) in [6.07, 6.45) is -1.31. The fraction of sp³-hybridized carbons (Fsp3) is 0.786. The van der Waals surface area contributed by atoms with Crippen molar-refractivity contribution in [2.45, 2.75) is 39.3 Å². The normalized spacial score (nSPS) is 20.6. The Morgan fingerprint density at radius 1 is 1.26 bits per heavy atom. The van der Waals surface area contributed by atoms with E-state index >= 15 is 0 Å². The first-order valence-corrected chi connectivity index (χ1v) is 7.33. The molecule has 0 aromatic carbocycles. The van der Waals surface area contributed by atoms with Gasteiger partial charge in [0.2, 0.25) is 18.2 Å². The third-order valence-corrected chi connectivity index (χ3v) is 3.77. The van der Waals surface area contributed by atoms with Gasteiger partial charge in [-0.15, -0.1) is 0 Å². The molecule has 0 bridgehead atoms. The number of methoxy groups -OCH3 is 2. The van der Waals surface area contributed by atoms with Crippen molar-refractivity contribution in [1.82, 2.24) is 15.1 Å². The number of hydrogen-bond donors (Lipinski definition) is 2. The van der Waals surface area contributed by atoms with Crippen molar-refractivity contribution in [3.63, 3.8) is 0 Å². The average molecular weight is 331 g/mol. The summed E-state index contributed by atoms with van der Waals surface area (Å²) in [5.41, 5.74) is 0. The topological polar surface area (TPSA) is 108 Å². The molecule has 9 heteroatoms. The van der Waals surface area contributed by atoms with E-state index in [-0.39, 0.29) is 25.0 Å². The van der Waals surface area contributed by atoms with E-state index in [1.165, 1.54) is 30.9 Å². The number of carbonyl (C=O) groups excluding carboxylic acids is 3. The van der Waals surface area contributed by atoms with E-state index in [1.54, 1.807) is 13.8 Å². The van der Waals surface area contributed by atoms with E-state index in [0.29, 0.717) is 0 Å². The van der Waals surface area contributed by atoms with Crippen LogP contribution in [0.3, 0.4) is 0 Å². The van der Waals surface area contributed by atoms with Crippen molar-refractivity contribution in [3.05, 3.63) is 0 Å². The number of nitrogens with zero attached hydrogens (tertiary/aromatic N) is 2. The Morgan fingerprint density at radius 3 is 2.30 bits per heavy atom. The van der Waals surface area contributed by atoms with Crippen molar-refractivity contribution in [2.24, 2.45) is 5.92 Å². The molecule has 0 aliphatic carbocycles. The standard InChI is InChI=1S/C14H25N3O6/c1-8(2)11(15-14(21)23-5)12(19)17-7-16(9(3)18)6-10(17)13(20)22-4/h8,10-11,14-15,21H,6-7H2,1-5H3. The second-order valence-corrected chi connectivity index (χ2v) is 5.71. The van der Waals surface area contributed by atoms with Crippen LogP contribution in [-0.2, 0) is 23.9 Å². The number of nitrogens with one attached hydrogen (secondary N) is 1. The Kier molecular flexibility index (Phi) is 6.92. The molecular weight excluding hydrogens is 306 g/mol. The molecule has 0 spiro atoms. The summed E-state index contributed by atoms with van der Waals surface area (Å²) in [6, 6.07) is -1.64. The van der Waals surface area contributed by atoms with Crippen LogP contribution in [0, 0.1) is 5.92 Å². The van der Waals surface area contributed by atoms with Gasteiger partial charge < -0.3 is 24.4 Å². The van der Waals surface area contributed by atoms with Gasteiger partial charge in [0.15, 0.2) is 0 Å². The molecule has 9 nitrogen and oxygen atoms in total. The molecule has 1 saturated heterocycles. The van der Waals surface area contributed by atoms with Crippen LogP contribution in [0.4, 0.5) is 0 Å². The van der Waals surface area contributed by atoms with Gasteiger partial charge in [0.05, 0.1) is 26.4 Å². The van der Waals surface area contributed by atoms with Gasteiger partial charge in [0.25, 0.3) is 0 Å². The molecule has 1 aliphatic rings. The number of aliphatic hydroxyl groups is 1. The van der Waals surface area contributed by atoms with E-state index in [0.717, 1.165) is 0 Å². The highest BCUT2D eigenvalue weighted by molar-refractivity contribution is 5.89. The predicted molar refractivity (Wildman–Crippen MR) is 79.7 cm³/mol. The van der Waals surface area contributed by atoms with Crippen LogP contribution in [0.2, 0.25) is 0 Å². The van der Waals surface area contributed by atoms with Gasteiger partial charge in [-0.05, 0) is 5.92 Å². The molecular formula is C14H25N3O6. The van der Waals surface area contributed by atoms with Crippen LogP contribution in [0.1, 0.15) is 20.8 Å². The highest BCUT2D eigenvalue weighted by Crippen LogP contribution is 2.18. The van der Waals surface area contributed by atoms with Crippen LogP contribution in [0.25, 0.3) is 0 Å². The first-order chi connectivity index (χ1) is 10.7. The number of carbonyl (C=O) groups is 3. The lowest BCUT2D eigenvalue weighted by molar-refractivity contribution is -0.154. The minimum atomic E-state index is -1.31. The lowest BCUT2D eigenvalue weighted by Crippen LogP contribution is -2.55. The summed E-state index contributed by atoms with van der Waals surface area (Å²) in [5.74, 6) is -1.40. The minimum absolute atomic E-state index is 0.00190. The van der Waals surface area contributed by atoms with E-state index in [4.69, 9.17) is 9.47 Å². The van der Waals surface area contributed by atoms with Crippen LogP contribution in [0.5, 0.6) is 0 Å². The second-order valence-electron chi connectivity index (χ2n) is 5.71. The van der Waals surface area contributed by atoms with Gasteiger partial charge >= 0.3 is 5.97 Å². The highest BCUT2D eigenvalue weighted by atomic mass is 16.6.